The summed E-state index contributed by atoms with van der Waals surface area (Å²) in [7, 11) is 3.60. The lowest BCUT2D eigenvalue weighted by molar-refractivity contribution is -0.234. The van der Waals surface area contributed by atoms with Crippen molar-refractivity contribution in [2.45, 2.75) is 17.6 Å². The summed E-state index contributed by atoms with van der Waals surface area (Å²) in [5, 5.41) is 0. The molecule has 1 aromatic carbocycles. The molecular weight excluding hydrogens is 260 g/mol. The number of ether oxygens (including phenoxy) is 2. The van der Waals surface area contributed by atoms with Crippen LogP contribution in [-0.4, -0.2) is 20.0 Å². The van der Waals surface area contributed by atoms with E-state index in [9.17, 15) is 0 Å². The quantitative estimate of drug-likeness (QED) is 0.610. The smallest absolute Gasteiger partial charge is 0.180 e. The molecular formula is C19H20O2. The molecule has 0 heterocycles. The molecule has 0 radical (unpaired) electrons. The van der Waals surface area contributed by atoms with Crippen LogP contribution in [0.4, 0.5) is 0 Å². The Labute approximate surface area is 125 Å². The molecule has 5 aliphatic rings. The Morgan fingerprint density at radius 3 is 1.67 bits per heavy atom. The molecule has 2 nitrogen and oxygen atoms in total. The topological polar surface area (TPSA) is 18.5 Å². The highest BCUT2D eigenvalue weighted by atomic mass is 16.7. The molecule has 1 aromatic rings. The Morgan fingerprint density at radius 1 is 0.762 bits per heavy atom. The zero-order valence-electron chi connectivity index (χ0n) is 12.4. The molecule has 6 atom stereocenters. The Kier molecular flexibility index (Phi) is 2.25. The van der Waals surface area contributed by atoms with Gasteiger partial charge in [0.1, 0.15) is 0 Å². The molecule has 4 bridgehead atoms. The lowest BCUT2D eigenvalue weighted by Gasteiger charge is -2.46. The summed E-state index contributed by atoms with van der Waals surface area (Å²) in [6, 6.07) is 8.96. The number of rotatable bonds is 2. The van der Waals surface area contributed by atoms with Gasteiger partial charge >= 0.3 is 0 Å². The van der Waals surface area contributed by atoms with Crippen LogP contribution in [0.25, 0.3) is 0 Å². The molecule has 1 fully saturated rings. The molecule has 108 valence electrons. The summed E-state index contributed by atoms with van der Waals surface area (Å²) in [5.41, 5.74) is 3.04. The van der Waals surface area contributed by atoms with Crippen molar-refractivity contribution in [2.75, 3.05) is 14.2 Å². The number of allylic oxidation sites excluding steroid dienone is 2. The van der Waals surface area contributed by atoms with Gasteiger partial charge in [-0.05, 0) is 23.0 Å². The van der Waals surface area contributed by atoms with E-state index in [0.717, 1.165) is 0 Å². The van der Waals surface area contributed by atoms with Crippen molar-refractivity contribution in [3.05, 3.63) is 59.7 Å². The van der Waals surface area contributed by atoms with Crippen LogP contribution >= 0.6 is 0 Å². The van der Waals surface area contributed by atoms with Crippen molar-refractivity contribution < 1.29 is 9.47 Å². The SMILES string of the molecule is COC1(OC)[C@H]2C=C[C@H]1[C@H]1[C@H]2[C@H]2C=C[C@H]1c1ccccc12. The molecule has 0 N–H and O–H groups in total. The first-order valence-electron chi connectivity index (χ1n) is 7.87. The second-order valence-corrected chi connectivity index (χ2v) is 6.79. The molecule has 0 amide bonds. The summed E-state index contributed by atoms with van der Waals surface area (Å²) in [6.45, 7) is 0. The van der Waals surface area contributed by atoms with Gasteiger partial charge in [0, 0.05) is 37.9 Å². The van der Waals surface area contributed by atoms with E-state index in [1.54, 1.807) is 14.2 Å². The molecule has 0 aromatic heterocycles. The maximum atomic E-state index is 5.94. The fraction of sp³-hybridized carbons (Fsp3) is 0.474. The van der Waals surface area contributed by atoms with Gasteiger partial charge in [-0.15, -0.1) is 0 Å². The van der Waals surface area contributed by atoms with E-state index in [2.05, 4.69) is 48.6 Å². The van der Waals surface area contributed by atoms with Gasteiger partial charge in [0.2, 0.25) is 0 Å². The second kappa shape index (κ2) is 3.88. The van der Waals surface area contributed by atoms with Crippen molar-refractivity contribution in [2.24, 2.45) is 23.7 Å². The summed E-state index contributed by atoms with van der Waals surface area (Å²) in [5.74, 6) is 2.55. The average Bonchev–Trinajstić information content (AvgIpc) is 3.07. The average molecular weight is 280 g/mol. The summed E-state index contributed by atoms with van der Waals surface area (Å²) < 4.78 is 11.9. The third-order valence-corrected chi connectivity index (χ3v) is 6.44. The minimum atomic E-state index is -0.445. The molecule has 0 saturated heterocycles. The monoisotopic (exact) mass is 280 g/mol. The van der Waals surface area contributed by atoms with E-state index in [0.29, 0.717) is 35.5 Å². The zero-order valence-corrected chi connectivity index (χ0v) is 12.4. The van der Waals surface area contributed by atoms with E-state index in [-0.39, 0.29) is 0 Å². The third-order valence-electron chi connectivity index (χ3n) is 6.44. The lowest BCUT2D eigenvalue weighted by atomic mass is 9.57. The van der Waals surface area contributed by atoms with Crippen molar-refractivity contribution in [3.63, 3.8) is 0 Å². The third kappa shape index (κ3) is 1.19. The molecule has 5 aliphatic carbocycles. The highest BCUT2D eigenvalue weighted by Gasteiger charge is 2.67. The van der Waals surface area contributed by atoms with Gasteiger partial charge in [0.25, 0.3) is 0 Å². The fourth-order valence-electron chi connectivity index (χ4n) is 5.79. The van der Waals surface area contributed by atoms with Crippen LogP contribution in [0.1, 0.15) is 23.0 Å². The Bertz CT molecular complexity index is 604. The lowest BCUT2D eigenvalue weighted by Crippen LogP contribution is -2.41. The van der Waals surface area contributed by atoms with E-state index < -0.39 is 5.79 Å². The first-order chi connectivity index (χ1) is 10.3. The number of hydrogen-bond acceptors (Lipinski definition) is 2. The molecule has 0 spiro atoms. The Balaban J connectivity index is 1.70. The van der Waals surface area contributed by atoms with Crippen LogP contribution in [0.15, 0.2) is 48.6 Å². The van der Waals surface area contributed by atoms with Gasteiger partial charge < -0.3 is 9.47 Å². The van der Waals surface area contributed by atoms with Gasteiger partial charge in [-0.3, -0.25) is 0 Å². The Morgan fingerprint density at radius 2 is 1.24 bits per heavy atom. The highest BCUT2D eigenvalue weighted by Crippen LogP contribution is 2.68. The highest BCUT2D eigenvalue weighted by molar-refractivity contribution is 5.49. The minimum absolute atomic E-state index is 0.369. The number of hydrogen-bond donors (Lipinski definition) is 0. The molecule has 0 aliphatic heterocycles. The van der Waals surface area contributed by atoms with Crippen LogP contribution in [0.3, 0.4) is 0 Å². The minimum Gasteiger partial charge on any atom is -0.352 e. The van der Waals surface area contributed by atoms with Crippen molar-refractivity contribution in [1.82, 2.24) is 0 Å². The maximum Gasteiger partial charge on any atom is 0.180 e. The Hall–Kier alpha value is -1.38. The normalized spacial score (nSPS) is 43.1. The molecule has 21 heavy (non-hydrogen) atoms. The van der Waals surface area contributed by atoms with Crippen LogP contribution in [0.5, 0.6) is 0 Å². The van der Waals surface area contributed by atoms with Crippen molar-refractivity contribution in [1.29, 1.82) is 0 Å². The first kappa shape index (κ1) is 12.2. The predicted octanol–water partition coefficient (Wildman–Crippen LogP) is 3.47. The summed E-state index contributed by atoms with van der Waals surface area (Å²) in [4.78, 5) is 0. The number of benzene rings is 1. The van der Waals surface area contributed by atoms with E-state index in [1.807, 2.05) is 0 Å². The summed E-state index contributed by atoms with van der Waals surface area (Å²) >= 11 is 0. The maximum absolute atomic E-state index is 5.94. The number of methoxy groups -OCH3 is 2. The van der Waals surface area contributed by atoms with Crippen molar-refractivity contribution in [3.8, 4) is 0 Å². The predicted molar refractivity (Wildman–Crippen MR) is 80.9 cm³/mol. The van der Waals surface area contributed by atoms with E-state index in [4.69, 9.17) is 9.47 Å². The van der Waals surface area contributed by atoms with Gasteiger partial charge in [-0.2, -0.15) is 0 Å². The molecule has 2 heteroatoms. The van der Waals surface area contributed by atoms with Crippen LogP contribution < -0.4 is 0 Å². The fourth-order valence-corrected chi connectivity index (χ4v) is 5.79. The molecule has 1 saturated carbocycles. The van der Waals surface area contributed by atoms with Crippen LogP contribution in [-0.2, 0) is 9.47 Å². The van der Waals surface area contributed by atoms with Crippen LogP contribution in [0.2, 0.25) is 0 Å². The van der Waals surface area contributed by atoms with E-state index in [1.165, 1.54) is 11.1 Å². The van der Waals surface area contributed by atoms with Crippen LogP contribution in [0, 0.1) is 23.7 Å². The first-order valence-corrected chi connectivity index (χ1v) is 7.87. The molecule has 0 unspecified atom stereocenters. The second-order valence-electron chi connectivity index (χ2n) is 6.79. The summed E-state index contributed by atoms with van der Waals surface area (Å²) in [6.07, 6.45) is 9.55. The van der Waals surface area contributed by atoms with Crippen molar-refractivity contribution >= 4 is 0 Å². The van der Waals surface area contributed by atoms with Gasteiger partial charge in [0.05, 0.1) is 0 Å². The number of fused-ring (bicyclic) bond motifs is 2. The van der Waals surface area contributed by atoms with Gasteiger partial charge in [-0.1, -0.05) is 48.6 Å². The molecule has 6 rings (SSSR count). The largest absolute Gasteiger partial charge is 0.352 e. The zero-order chi connectivity index (χ0) is 14.2. The standard InChI is InChI=1S/C19H20O2/c1-20-19(21-2)15-9-10-16(19)18-14-8-7-13(17(15)18)11-5-3-4-6-12(11)14/h3-10,13-18H,1-2H3/t13-,14-,15-,16-,17-,18-/m0/s1. The van der Waals surface area contributed by atoms with Gasteiger partial charge in [0.15, 0.2) is 5.79 Å². The van der Waals surface area contributed by atoms with E-state index >= 15 is 0 Å². The van der Waals surface area contributed by atoms with Gasteiger partial charge in [-0.25, -0.2) is 0 Å².